The van der Waals surface area contributed by atoms with Gasteiger partial charge >= 0.3 is 0 Å². The molecule has 0 fully saturated rings. The summed E-state index contributed by atoms with van der Waals surface area (Å²) in [7, 11) is 0. The molecule has 0 saturated heterocycles. The summed E-state index contributed by atoms with van der Waals surface area (Å²) in [4.78, 5) is 2.49. The van der Waals surface area contributed by atoms with E-state index in [4.69, 9.17) is 0 Å². The molecule has 0 amide bonds. The van der Waals surface area contributed by atoms with Crippen molar-refractivity contribution < 1.29 is 0 Å². The van der Waals surface area contributed by atoms with Gasteiger partial charge in [-0.2, -0.15) is 0 Å². The van der Waals surface area contributed by atoms with Crippen LogP contribution in [0.2, 0.25) is 0 Å². The Morgan fingerprint density at radius 1 is 0.258 bits per heavy atom. The molecule has 1 nitrogen and oxygen atoms in total. The summed E-state index contributed by atoms with van der Waals surface area (Å²) in [5.41, 5.74) is 21.2. The van der Waals surface area contributed by atoms with Crippen LogP contribution in [0, 0.1) is 0 Å². The van der Waals surface area contributed by atoms with Gasteiger partial charge in [0.05, 0.1) is 5.41 Å². The van der Waals surface area contributed by atoms with E-state index >= 15 is 0 Å². The van der Waals surface area contributed by atoms with E-state index in [1.54, 1.807) is 0 Å². The quantitative estimate of drug-likeness (QED) is 0.161. The van der Waals surface area contributed by atoms with E-state index in [9.17, 15) is 0 Å². The lowest BCUT2D eigenvalue weighted by Gasteiger charge is -2.32. The Morgan fingerprint density at radius 3 is 1.52 bits per heavy atom. The second-order valence-corrected chi connectivity index (χ2v) is 17.2. The fourth-order valence-electron chi connectivity index (χ4n) is 11.6. The zero-order valence-corrected chi connectivity index (χ0v) is 33.8. The van der Waals surface area contributed by atoms with Gasteiger partial charge in [-0.1, -0.05) is 182 Å². The number of hydrogen-bond donors (Lipinski definition) is 0. The zero-order valence-electron chi connectivity index (χ0n) is 33.8. The lowest BCUT2D eigenvalue weighted by atomic mass is 9.70. The van der Waals surface area contributed by atoms with Gasteiger partial charge in [0.25, 0.3) is 0 Å². The van der Waals surface area contributed by atoms with E-state index in [2.05, 4.69) is 229 Å². The molecular formula is C61H37N. The molecule has 1 heteroatoms. The van der Waals surface area contributed by atoms with Gasteiger partial charge in [-0.15, -0.1) is 0 Å². The molecule has 0 unspecified atom stereocenters. The third-order valence-electron chi connectivity index (χ3n) is 14.2. The summed E-state index contributed by atoms with van der Waals surface area (Å²) in [5, 5.41) is 7.68. The van der Waals surface area contributed by atoms with Gasteiger partial charge < -0.3 is 4.90 Å². The smallest absolute Gasteiger partial charge is 0.0726 e. The maximum Gasteiger partial charge on any atom is 0.0726 e. The number of hydrogen-bond acceptors (Lipinski definition) is 1. The van der Waals surface area contributed by atoms with Crippen molar-refractivity contribution in [2.45, 2.75) is 5.41 Å². The van der Waals surface area contributed by atoms with Gasteiger partial charge in [0, 0.05) is 17.1 Å². The maximum absolute atomic E-state index is 2.50. The highest BCUT2D eigenvalue weighted by Gasteiger charge is 2.51. The Labute approximate surface area is 360 Å². The minimum Gasteiger partial charge on any atom is -0.310 e. The fourth-order valence-corrected chi connectivity index (χ4v) is 11.6. The highest BCUT2D eigenvalue weighted by Crippen LogP contribution is 2.63. The van der Waals surface area contributed by atoms with Crippen molar-refractivity contribution in [3.63, 3.8) is 0 Å². The highest BCUT2D eigenvalue weighted by molar-refractivity contribution is 6.17. The average molecular weight is 784 g/mol. The minimum absolute atomic E-state index is 0.433. The third-order valence-corrected chi connectivity index (χ3v) is 14.2. The first-order valence-corrected chi connectivity index (χ1v) is 21.7. The van der Waals surface area contributed by atoms with Crippen LogP contribution >= 0.6 is 0 Å². The molecule has 11 aromatic rings. The molecule has 0 N–H and O–H groups in total. The van der Waals surface area contributed by atoms with Crippen molar-refractivity contribution in [3.05, 3.63) is 247 Å². The molecule has 0 saturated carbocycles. The van der Waals surface area contributed by atoms with Gasteiger partial charge in [0.15, 0.2) is 0 Å². The molecule has 286 valence electrons. The van der Waals surface area contributed by atoms with Gasteiger partial charge in [0.2, 0.25) is 0 Å². The van der Waals surface area contributed by atoms with E-state index < -0.39 is 5.41 Å². The molecular weight excluding hydrogens is 747 g/mol. The van der Waals surface area contributed by atoms with Crippen molar-refractivity contribution in [3.8, 4) is 55.6 Å². The molecule has 0 aliphatic heterocycles. The van der Waals surface area contributed by atoms with Crippen LogP contribution in [0.1, 0.15) is 22.3 Å². The standard InChI is InChI=1S/C61H37N/c1-2-14-46-39(12-1)24-25-41-34-40(28-32-47(41)46)38-26-29-43(30-27-38)62(45-35-42-13-11-20-54-48-15-3-4-16-49(48)55(36-45)60(42)54)44-31-33-53-52-19-7-10-23-58(52)61(59(53)37-44)56-21-8-5-17-50(56)51-18-6-9-22-57(51)61/h1-37H. The third kappa shape index (κ3) is 4.47. The Balaban J connectivity index is 0.986. The second-order valence-electron chi connectivity index (χ2n) is 17.2. The Kier molecular flexibility index (Phi) is 6.82. The largest absolute Gasteiger partial charge is 0.310 e. The van der Waals surface area contributed by atoms with Crippen molar-refractivity contribution >= 4 is 49.4 Å². The second kappa shape index (κ2) is 12.5. The normalized spacial score (nSPS) is 13.3. The Hall–Kier alpha value is -8.00. The summed E-state index contributed by atoms with van der Waals surface area (Å²) >= 11 is 0. The lowest BCUT2D eigenvalue weighted by Crippen LogP contribution is -2.26. The predicted molar refractivity (Wildman–Crippen MR) is 260 cm³/mol. The van der Waals surface area contributed by atoms with Gasteiger partial charge in [-0.25, -0.2) is 0 Å². The monoisotopic (exact) mass is 783 g/mol. The van der Waals surface area contributed by atoms with Crippen molar-refractivity contribution in [2.75, 3.05) is 4.90 Å². The molecule has 62 heavy (non-hydrogen) atoms. The van der Waals surface area contributed by atoms with Crippen LogP contribution in [0.4, 0.5) is 17.1 Å². The summed E-state index contributed by atoms with van der Waals surface area (Å²) in [6, 6.07) is 84.2. The Morgan fingerprint density at radius 2 is 0.790 bits per heavy atom. The fraction of sp³-hybridized carbons (Fsp3) is 0.0164. The number of benzene rings is 11. The van der Waals surface area contributed by atoms with Gasteiger partial charge in [-0.05, 0) is 153 Å². The SMILES string of the molecule is c1ccc2c(c1)-c1cccc3cc(N(c4ccc(-c5ccc6c(ccc7ccccc76)c5)cc4)c4ccc5c(c4)C4(c6ccccc6-c6ccccc64)c4ccccc4-5)cc-2c13. The minimum atomic E-state index is -0.433. The van der Waals surface area contributed by atoms with Crippen LogP contribution in [0.25, 0.3) is 88.0 Å². The summed E-state index contributed by atoms with van der Waals surface area (Å²) < 4.78 is 0. The molecule has 3 aliphatic carbocycles. The summed E-state index contributed by atoms with van der Waals surface area (Å²) in [6.07, 6.45) is 0. The van der Waals surface area contributed by atoms with E-state index in [0.29, 0.717) is 0 Å². The van der Waals surface area contributed by atoms with Gasteiger partial charge in [-0.3, -0.25) is 0 Å². The summed E-state index contributed by atoms with van der Waals surface area (Å²) in [5.74, 6) is 0. The topological polar surface area (TPSA) is 3.24 Å². The molecule has 14 rings (SSSR count). The van der Waals surface area contributed by atoms with E-state index in [0.717, 1.165) is 17.1 Å². The van der Waals surface area contributed by atoms with E-state index in [-0.39, 0.29) is 0 Å². The van der Waals surface area contributed by atoms with Crippen LogP contribution in [0.15, 0.2) is 224 Å². The van der Waals surface area contributed by atoms with E-state index in [1.807, 2.05) is 0 Å². The highest BCUT2D eigenvalue weighted by atomic mass is 15.1. The van der Waals surface area contributed by atoms with E-state index in [1.165, 1.54) is 110 Å². The van der Waals surface area contributed by atoms with Crippen LogP contribution in [0.5, 0.6) is 0 Å². The van der Waals surface area contributed by atoms with Crippen molar-refractivity contribution in [1.82, 2.24) is 0 Å². The molecule has 11 aromatic carbocycles. The molecule has 0 atom stereocenters. The van der Waals surface area contributed by atoms with Crippen LogP contribution in [0.3, 0.4) is 0 Å². The number of fused-ring (bicyclic) bond motifs is 16. The predicted octanol–water partition coefficient (Wildman–Crippen LogP) is 16.3. The molecule has 3 aliphatic rings. The van der Waals surface area contributed by atoms with Crippen molar-refractivity contribution in [2.24, 2.45) is 0 Å². The first-order valence-electron chi connectivity index (χ1n) is 21.7. The molecule has 0 bridgehead atoms. The van der Waals surface area contributed by atoms with Crippen LogP contribution < -0.4 is 4.90 Å². The van der Waals surface area contributed by atoms with Gasteiger partial charge in [0.1, 0.15) is 0 Å². The average Bonchev–Trinajstić information content (AvgIpc) is 3.94. The maximum atomic E-state index is 2.50. The number of rotatable bonds is 4. The first-order chi connectivity index (χ1) is 30.7. The molecule has 0 aromatic heterocycles. The zero-order chi connectivity index (χ0) is 40.5. The lowest BCUT2D eigenvalue weighted by molar-refractivity contribution is 0.793. The van der Waals surface area contributed by atoms with Crippen molar-refractivity contribution in [1.29, 1.82) is 0 Å². The first kappa shape index (κ1) is 33.8. The number of anilines is 3. The van der Waals surface area contributed by atoms with Crippen LogP contribution in [-0.4, -0.2) is 0 Å². The molecule has 0 radical (unpaired) electrons. The summed E-state index contributed by atoms with van der Waals surface area (Å²) in [6.45, 7) is 0. The Bertz CT molecular complexity index is 3640. The van der Waals surface area contributed by atoms with Crippen LogP contribution in [-0.2, 0) is 5.41 Å². The molecule has 0 heterocycles. The number of nitrogens with zero attached hydrogens (tertiary/aromatic N) is 1. The molecule has 1 spiro atoms.